The molecule has 3 rings (SSSR count). The molecule has 3 aromatic rings. The number of amides is 2. The van der Waals surface area contributed by atoms with Gasteiger partial charge >= 0.3 is 0 Å². The molecule has 0 unspecified atom stereocenters. The fraction of sp³-hybridized carbons (Fsp3) is 0.200. The average molecular weight is 402 g/mol. The van der Waals surface area contributed by atoms with E-state index in [9.17, 15) is 9.59 Å². The number of unbranched alkanes of at least 4 members (excludes halogenated alkanes) is 1. The first-order chi connectivity index (χ1) is 14.6. The Morgan fingerprint density at radius 2 is 1.07 bits per heavy atom. The largest absolute Gasteiger partial charge is 0.364 e. The minimum absolute atomic E-state index is 0.357. The molecule has 3 aromatic carbocycles. The molecule has 5 nitrogen and oxygen atoms in total. The van der Waals surface area contributed by atoms with Gasteiger partial charge in [-0.15, -0.1) is 0 Å². The fourth-order valence-electron chi connectivity index (χ4n) is 3.23. The van der Waals surface area contributed by atoms with Crippen molar-refractivity contribution >= 4 is 28.9 Å². The standard InChI is InChI=1S/C25H27N3O2/c1-2-3-19-25(28-22-17-11-6-12-18-22,23(29)26-20-13-7-4-8-14-20)24(30)27-21-15-9-5-10-16-21/h4-18,28H,2-3,19H2,1H3,(H,26,29)(H,27,30). The van der Waals surface area contributed by atoms with E-state index in [1.807, 2.05) is 73.7 Å². The minimum atomic E-state index is -1.47. The van der Waals surface area contributed by atoms with E-state index in [0.717, 1.165) is 6.42 Å². The number of rotatable bonds is 9. The highest BCUT2D eigenvalue weighted by Gasteiger charge is 2.45. The Kier molecular flexibility index (Phi) is 7.22. The molecule has 0 fully saturated rings. The molecule has 0 saturated heterocycles. The second-order valence-electron chi connectivity index (χ2n) is 7.14. The van der Waals surface area contributed by atoms with Gasteiger partial charge in [0.25, 0.3) is 11.8 Å². The van der Waals surface area contributed by atoms with Crippen LogP contribution in [0.15, 0.2) is 91.0 Å². The summed E-state index contributed by atoms with van der Waals surface area (Å²) in [5, 5.41) is 9.08. The van der Waals surface area contributed by atoms with Gasteiger partial charge in [-0.25, -0.2) is 0 Å². The lowest BCUT2D eigenvalue weighted by Gasteiger charge is -2.33. The molecule has 2 amide bonds. The molecule has 0 heterocycles. The van der Waals surface area contributed by atoms with E-state index in [4.69, 9.17) is 0 Å². The fourth-order valence-corrected chi connectivity index (χ4v) is 3.23. The third-order valence-corrected chi connectivity index (χ3v) is 4.88. The van der Waals surface area contributed by atoms with Crippen LogP contribution in [0.2, 0.25) is 0 Å². The van der Waals surface area contributed by atoms with E-state index in [2.05, 4.69) is 16.0 Å². The molecular formula is C25H27N3O2. The second kappa shape index (κ2) is 10.3. The highest BCUT2D eigenvalue weighted by molar-refractivity contribution is 6.20. The smallest absolute Gasteiger partial charge is 0.259 e. The number of carbonyl (C=O) groups is 2. The zero-order valence-corrected chi connectivity index (χ0v) is 17.1. The summed E-state index contributed by atoms with van der Waals surface area (Å²) in [6, 6.07) is 27.7. The summed E-state index contributed by atoms with van der Waals surface area (Å²) in [5.41, 5.74) is 0.528. The normalized spacial score (nSPS) is 10.8. The topological polar surface area (TPSA) is 70.2 Å². The first kappa shape index (κ1) is 21.1. The number of carbonyl (C=O) groups excluding carboxylic acids is 2. The Labute approximate surface area is 177 Å². The minimum Gasteiger partial charge on any atom is -0.364 e. The molecule has 0 radical (unpaired) electrons. The van der Waals surface area contributed by atoms with Crippen LogP contribution in [0, 0.1) is 0 Å². The van der Waals surface area contributed by atoms with Crippen LogP contribution in [0.3, 0.4) is 0 Å². The predicted octanol–water partition coefficient (Wildman–Crippen LogP) is 5.30. The van der Waals surface area contributed by atoms with Gasteiger partial charge in [-0.05, 0) is 42.8 Å². The summed E-state index contributed by atoms with van der Waals surface area (Å²) in [6.07, 6.45) is 1.93. The van der Waals surface area contributed by atoms with Crippen LogP contribution < -0.4 is 16.0 Å². The first-order valence-corrected chi connectivity index (χ1v) is 10.2. The van der Waals surface area contributed by atoms with Crippen molar-refractivity contribution in [2.24, 2.45) is 0 Å². The third kappa shape index (κ3) is 5.26. The molecule has 0 bridgehead atoms. The maximum Gasteiger partial charge on any atom is 0.259 e. The van der Waals surface area contributed by atoms with E-state index in [1.165, 1.54) is 0 Å². The number of anilines is 3. The lowest BCUT2D eigenvalue weighted by Crippen LogP contribution is -2.58. The van der Waals surface area contributed by atoms with Gasteiger partial charge in [0, 0.05) is 17.1 Å². The van der Waals surface area contributed by atoms with Crippen molar-refractivity contribution in [3.05, 3.63) is 91.0 Å². The van der Waals surface area contributed by atoms with Gasteiger partial charge in [-0.1, -0.05) is 74.4 Å². The lowest BCUT2D eigenvalue weighted by atomic mass is 9.89. The van der Waals surface area contributed by atoms with Gasteiger partial charge in [0.15, 0.2) is 5.54 Å². The van der Waals surface area contributed by atoms with Gasteiger partial charge < -0.3 is 16.0 Å². The summed E-state index contributed by atoms with van der Waals surface area (Å²) in [5.74, 6) is -0.779. The van der Waals surface area contributed by atoms with Crippen molar-refractivity contribution in [3.63, 3.8) is 0 Å². The van der Waals surface area contributed by atoms with Crippen molar-refractivity contribution in [2.75, 3.05) is 16.0 Å². The third-order valence-electron chi connectivity index (χ3n) is 4.88. The van der Waals surface area contributed by atoms with Gasteiger partial charge in [-0.3, -0.25) is 9.59 Å². The van der Waals surface area contributed by atoms with Gasteiger partial charge in [0.2, 0.25) is 0 Å². The summed E-state index contributed by atoms with van der Waals surface area (Å²) >= 11 is 0. The SMILES string of the molecule is CCCCC(Nc1ccccc1)(C(=O)Nc1ccccc1)C(=O)Nc1ccccc1. The van der Waals surface area contributed by atoms with Crippen molar-refractivity contribution in [1.82, 2.24) is 0 Å². The number of benzene rings is 3. The maximum absolute atomic E-state index is 13.5. The first-order valence-electron chi connectivity index (χ1n) is 10.2. The molecule has 0 spiro atoms. The summed E-state index contributed by atoms with van der Waals surface area (Å²) < 4.78 is 0. The highest BCUT2D eigenvalue weighted by atomic mass is 16.2. The molecule has 0 aliphatic heterocycles. The molecule has 154 valence electrons. The van der Waals surface area contributed by atoms with Crippen LogP contribution in [0.1, 0.15) is 26.2 Å². The molecule has 5 heteroatoms. The van der Waals surface area contributed by atoms with Crippen molar-refractivity contribution in [2.45, 2.75) is 31.7 Å². The molecule has 3 N–H and O–H groups in total. The van der Waals surface area contributed by atoms with Crippen molar-refractivity contribution < 1.29 is 9.59 Å². The van der Waals surface area contributed by atoms with E-state index < -0.39 is 5.54 Å². The monoisotopic (exact) mass is 401 g/mol. The van der Waals surface area contributed by atoms with Crippen LogP contribution >= 0.6 is 0 Å². The van der Waals surface area contributed by atoms with Gasteiger partial charge in [0.1, 0.15) is 0 Å². The Bertz CT molecular complexity index is 890. The van der Waals surface area contributed by atoms with E-state index >= 15 is 0 Å². The van der Waals surface area contributed by atoms with Crippen LogP contribution in [0.4, 0.5) is 17.1 Å². The number of para-hydroxylation sites is 3. The molecule has 30 heavy (non-hydrogen) atoms. The van der Waals surface area contributed by atoms with Gasteiger partial charge in [0.05, 0.1) is 0 Å². The lowest BCUT2D eigenvalue weighted by molar-refractivity contribution is -0.130. The van der Waals surface area contributed by atoms with Crippen molar-refractivity contribution in [3.8, 4) is 0 Å². The summed E-state index contributed by atoms with van der Waals surface area (Å²) in [6.45, 7) is 2.04. The van der Waals surface area contributed by atoms with Crippen LogP contribution in [0.5, 0.6) is 0 Å². The quantitative estimate of drug-likeness (QED) is 0.426. The summed E-state index contributed by atoms with van der Waals surface area (Å²) in [7, 11) is 0. The van der Waals surface area contributed by atoms with Gasteiger partial charge in [-0.2, -0.15) is 0 Å². The number of hydrogen-bond donors (Lipinski definition) is 3. The molecule has 0 atom stereocenters. The number of hydrogen-bond acceptors (Lipinski definition) is 3. The zero-order chi connectivity index (χ0) is 21.2. The van der Waals surface area contributed by atoms with E-state index in [0.29, 0.717) is 29.9 Å². The van der Waals surface area contributed by atoms with E-state index in [1.54, 1.807) is 24.3 Å². The summed E-state index contributed by atoms with van der Waals surface area (Å²) in [4.78, 5) is 27.1. The zero-order valence-electron chi connectivity index (χ0n) is 17.1. The molecular weight excluding hydrogens is 374 g/mol. The molecule has 0 aliphatic carbocycles. The maximum atomic E-state index is 13.5. The molecule has 0 aromatic heterocycles. The highest BCUT2D eigenvalue weighted by Crippen LogP contribution is 2.26. The van der Waals surface area contributed by atoms with Crippen molar-refractivity contribution in [1.29, 1.82) is 0 Å². The average Bonchev–Trinajstić information content (AvgIpc) is 2.78. The Morgan fingerprint density at radius 3 is 1.47 bits per heavy atom. The van der Waals surface area contributed by atoms with Crippen LogP contribution in [-0.2, 0) is 9.59 Å². The Hall–Kier alpha value is -3.60. The van der Waals surface area contributed by atoms with Crippen LogP contribution in [0.25, 0.3) is 0 Å². The predicted molar refractivity (Wildman–Crippen MR) is 122 cm³/mol. The van der Waals surface area contributed by atoms with Crippen LogP contribution in [-0.4, -0.2) is 17.4 Å². The Balaban J connectivity index is 1.98. The molecule has 0 saturated carbocycles. The molecule has 0 aliphatic rings. The van der Waals surface area contributed by atoms with E-state index in [-0.39, 0.29) is 11.8 Å². The Morgan fingerprint density at radius 1 is 0.667 bits per heavy atom. The number of nitrogens with one attached hydrogen (secondary N) is 3. The second-order valence-corrected chi connectivity index (χ2v) is 7.14.